The third-order valence-corrected chi connectivity index (χ3v) is 5.49. The van der Waals surface area contributed by atoms with Crippen LogP contribution in [0.5, 0.6) is 0 Å². The number of pyridine rings is 1. The number of fused-ring (bicyclic) bond motifs is 1. The lowest BCUT2D eigenvalue weighted by Gasteiger charge is -2.17. The number of aliphatic hydroxyl groups excluding tert-OH is 1. The van der Waals surface area contributed by atoms with E-state index in [0.717, 1.165) is 27.9 Å². The number of hydrogen-bond acceptors (Lipinski definition) is 5. The molecule has 10 heteroatoms. The lowest BCUT2D eigenvalue weighted by molar-refractivity contribution is 0.173. The van der Waals surface area contributed by atoms with Crippen LogP contribution in [0.15, 0.2) is 35.8 Å². The SMILES string of the molecule is [C-]#[N+]CCc1cc2c(C=NN(CCC(C)O)C(N)=S)cc(-c3cncn3C)nc2cc1Cl. The van der Waals surface area contributed by atoms with Crippen LogP contribution in [0.4, 0.5) is 0 Å². The molecule has 166 valence electrons. The Labute approximate surface area is 197 Å². The summed E-state index contributed by atoms with van der Waals surface area (Å²) >= 11 is 11.6. The predicted octanol–water partition coefficient (Wildman–Crippen LogP) is 3.40. The van der Waals surface area contributed by atoms with Crippen molar-refractivity contribution in [2.24, 2.45) is 17.9 Å². The summed E-state index contributed by atoms with van der Waals surface area (Å²) in [5.41, 5.74) is 9.75. The number of thiocarbonyl (C=S) groups is 1. The molecule has 1 aromatic carbocycles. The van der Waals surface area contributed by atoms with E-state index in [1.807, 2.05) is 29.8 Å². The Hall–Kier alpha value is -3.06. The van der Waals surface area contributed by atoms with Gasteiger partial charge in [-0.1, -0.05) is 11.6 Å². The molecule has 0 spiro atoms. The van der Waals surface area contributed by atoms with Crippen molar-refractivity contribution in [3.63, 3.8) is 0 Å². The second-order valence-corrected chi connectivity index (χ2v) is 8.25. The second kappa shape index (κ2) is 10.5. The number of halogens is 1. The molecule has 0 saturated carbocycles. The Balaban J connectivity index is 2.12. The standard InChI is InChI=1S/C22H24ClN7OS/c1-14(31)5-7-30(22(24)32)27-11-16-9-20(21-12-26-13-29(21)3)28-19-10-18(23)15(4-6-25-2)8-17(16)19/h8-14,31H,4-7H2,1,3H3,(H2,24,32). The first-order valence-corrected chi connectivity index (χ1v) is 10.8. The molecule has 0 fully saturated rings. The first-order valence-electron chi connectivity index (χ1n) is 10.0. The molecule has 0 aliphatic rings. The molecular weight excluding hydrogens is 446 g/mol. The van der Waals surface area contributed by atoms with Gasteiger partial charge in [0.2, 0.25) is 6.54 Å². The molecule has 0 aliphatic carbocycles. The Kier molecular flexibility index (Phi) is 7.75. The van der Waals surface area contributed by atoms with Crippen molar-refractivity contribution in [1.29, 1.82) is 0 Å². The van der Waals surface area contributed by atoms with Crippen molar-refractivity contribution in [2.45, 2.75) is 25.9 Å². The number of hydrogen-bond donors (Lipinski definition) is 2. The van der Waals surface area contributed by atoms with E-state index >= 15 is 0 Å². The van der Waals surface area contributed by atoms with Gasteiger partial charge in [0.1, 0.15) is 0 Å². The maximum absolute atomic E-state index is 9.59. The average Bonchev–Trinajstić information content (AvgIpc) is 3.17. The molecule has 0 saturated heterocycles. The zero-order valence-electron chi connectivity index (χ0n) is 17.9. The Morgan fingerprint density at radius 3 is 2.88 bits per heavy atom. The molecule has 3 aromatic rings. The van der Waals surface area contributed by atoms with Crippen molar-refractivity contribution in [3.8, 4) is 11.4 Å². The van der Waals surface area contributed by atoms with Crippen LogP contribution in [0.25, 0.3) is 27.1 Å². The van der Waals surface area contributed by atoms with Crippen LogP contribution >= 0.6 is 23.8 Å². The van der Waals surface area contributed by atoms with Gasteiger partial charge in [-0.2, -0.15) is 5.10 Å². The molecule has 0 amide bonds. The maximum atomic E-state index is 9.59. The summed E-state index contributed by atoms with van der Waals surface area (Å²) in [4.78, 5) is 12.4. The zero-order valence-corrected chi connectivity index (χ0v) is 19.4. The van der Waals surface area contributed by atoms with Gasteiger partial charge in [-0.05, 0) is 49.3 Å². The van der Waals surface area contributed by atoms with E-state index in [1.165, 1.54) is 5.01 Å². The van der Waals surface area contributed by atoms with E-state index in [9.17, 15) is 5.11 Å². The van der Waals surface area contributed by atoms with Crippen molar-refractivity contribution in [3.05, 3.63) is 58.3 Å². The third kappa shape index (κ3) is 5.59. The largest absolute Gasteiger partial charge is 0.393 e. The molecule has 8 nitrogen and oxygen atoms in total. The minimum atomic E-state index is -0.493. The molecule has 2 aromatic heterocycles. The molecule has 0 bridgehead atoms. The molecule has 0 aliphatic heterocycles. The van der Waals surface area contributed by atoms with Crippen molar-refractivity contribution in [2.75, 3.05) is 13.1 Å². The van der Waals surface area contributed by atoms with Gasteiger partial charge in [0.25, 0.3) is 0 Å². The van der Waals surface area contributed by atoms with Gasteiger partial charge in [-0.3, -0.25) is 0 Å². The summed E-state index contributed by atoms with van der Waals surface area (Å²) in [6.07, 6.45) is 5.66. The summed E-state index contributed by atoms with van der Waals surface area (Å²) in [6, 6.07) is 5.68. The number of benzene rings is 1. The smallest absolute Gasteiger partial charge is 0.218 e. The van der Waals surface area contributed by atoms with Crippen LogP contribution in [0.3, 0.4) is 0 Å². The van der Waals surface area contributed by atoms with Crippen molar-refractivity contribution < 1.29 is 5.11 Å². The minimum absolute atomic E-state index is 0.118. The molecule has 3 rings (SSSR count). The van der Waals surface area contributed by atoms with Gasteiger partial charge in [0.05, 0.1) is 41.7 Å². The Morgan fingerprint density at radius 1 is 1.47 bits per heavy atom. The highest BCUT2D eigenvalue weighted by atomic mass is 35.5. The fourth-order valence-electron chi connectivity index (χ4n) is 3.19. The molecule has 3 N–H and O–H groups in total. The fourth-order valence-corrected chi connectivity index (χ4v) is 3.59. The van der Waals surface area contributed by atoms with Crippen LogP contribution in [0, 0.1) is 6.57 Å². The molecule has 1 unspecified atom stereocenters. The van der Waals surface area contributed by atoms with E-state index in [2.05, 4.69) is 14.9 Å². The normalized spacial score (nSPS) is 12.2. The number of aromatic nitrogens is 3. The maximum Gasteiger partial charge on any atom is 0.218 e. The van der Waals surface area contributed by atoms with E-state index in [1.54, 1.807) is 25.7 Å². The first kappa shape index (κ1) is 23.6. The van der Waals surface area contributed by atoms with Gasteiger partial charge in [-0.25, -0.2) is 21.5 Å². The highest BCUT2D eigenvalue weighted by Crippen LogP contribution is 2.29. The monoisotopic (exact) mass is 469 g/mol. The average molecular weight is 470 g/mol. The lowest BCUT2D eigenvalue weighted by Crippen LogP contribution is -2.33. The van der Waals surface area contributed by atoms with Crippen LogP contribution in [0.1, 0.15) is 24.5 Å². The van der Waals surface area contributed by atoms with Crippen molar-refractivity contribution in [1.82, 2.24) is 19.5 Å². The van der Waals surface area contributed by atoms with E-state index < -0.39 is 6.10 Å². The highest BCUT2D eigenvalue weighted by molar-refractivity contribution is 7.80. The number of aryl methyl sites for hydroxylation is 1. The topological polar surface area (TPSA) is 96.9 Å². The number of aliphatic hydroxyl groups is 1. The third-order valence-electron chi connectivity index (χ3n) is 4.93. The molecule has 2 heterocycles. The van der Waals surface area contributed by atoms with E-state index in [4.69, 9.17) is 41.1 Å². The predicted molar refractivity (Wildman–Crippen MR) is 132 cm³/mol. The fraction of sp³-hybridized carbons (Fsp3) is 0.318. The summed E-state index contributed by atoms with van der Waals surface area (Å²) in [6.45, 7) is 9.52. The summed E-state index contributed by atoms with van der Waals surface area (Å²) < 4.78 is 1.88. The van der Waals surface area contributed by atoms with Crippen LogP contribution in [-0.2, 0) is 13.5 Å². The van der Waals surface area contributed by atoms with Gasteiger partial charge < -0.3 is 20.3 Å². The minimum Gasteiger partial charge on any atom is -0.393 e. The summed E-state index contributed by atoms with van der Waals surface area (Å²) in [5, 5.41) is 17.1. The van der Waals surface area contributed by atoms with Crippen LogP contribution in [0.2, 0.25) is 5.02 Å². The number of nitrogens with zero attached hydrogens (tertiary/aromatic N) is 6. The quantitative estimate of drug-likeness (QED) is 0.227. The number of hydrazone groups is 1. The van der Waals surface area contributed by atoms with Gasteiger partial charge in [0, 0.05) is 36.0 Å². The van der Waals surface area contributed by atoms with Crippen molar-refractivity contribution >= 4 is 46.0 Å². The van der Waals surface area contributed by atoms with Gasteiger partial charge in [0.15, 0.2) is 5.11 Å². The van der Waals surface area contributed by atoms with E-state index in [0.29, 0.717) is 36.5 Å². The first-order chi connectivity index (χ1) is 15.3. The molecular formula is C22H24ClN7OS. The summed E-state index contributed by atoms with van der Waals surface area (Å²) in [5.74, 6) is 0. The zero-order chi connectivity index (χ0) is 23.3. The number of rotatable bonds is 8. The highest BCUT2D eigenvalue weighted by Gasteiger charge is 2.14. The number of imidazole rings is 1. The number of nitrogens with two attached hydrogens (primary N) is 1. The molecule has 1 atom stereocenters. The lowest BCUT2D eigenvalue weighted by atomic mass is 10.0. The van der Waals surface area contributed by atoms with E-state index in [-0.39, 0.29) is 5.11 Å². The van der Waals surface area contributed by atoms with Crippen LogP contribution in [-0.4, -0.2) is 55.2 Å². The van der Waals surface area contributed by atoms with Crippen LogP contribution < -0.4 is 5.73 Å². The Morgan fingerprint density at radius 2 is 2.25 bits per heavy atom. The molecule has 0 radical (unpaired) electrons. The second-order valence-electron chi connectivity index (χ2n) is 7.42. The summed E-state index contributed by atoms with van der Waals surface area (Å²) in [7, 11) is 1.90. The Bertz CT molecular complexity index is 1200. The van der Waals surface area contributed by atoms with Gasteiger partial charge in [-0.15, -0.1) is 0 Å². The van der Waals surface area contributed by atoms with Gasteiger partial charge >= 0.3 is 0 Å². The molecule has 32 heavy (non-hydrogen) atoms.